The SMILES string of the molecule is O=C(C=Cc1cnc[nH]1)N1CCOC(COc2cccnc2Cl)C1. The third-order valence-electron chi connectivity index (χ3n) is 3.52. The molecule has 1 amide bonds. The fourth-order valence-electron chi connectivity index (χ4n) is 2.31. The molecular weight excluding hydrogens is 332 g/mol. The summed E-state index contributed by atoms with van der Waals surface area (Å²) in [7, 11) is 0. The third-order valence-corrected chi connectivity index (χ3v) is 3.81. The van der Waals surface area contributed by atoms with Gasteiger partial charge in [-0.05, 0) is 18.2 Å². The van der Waals surface area contributed by atoms with E-state index in [1.54, 1.807) is 41.8 Å². The number of morpholine rings is 1. The highest BCUT2D eigenvalue weighted by atomic mass is 35.5. The van der Waals surface area contributed by atoms with Crippen LogP contribution < -0.4 is 4.74 Å². The van der Waals surface area contributed by atoms with Crippen LogP contribution in [-0.4, -0.2) is 58.2 Å². The molecule has 0 bridgehead atoms. The van der Waals surface area contributed by atoms with Gasteiger partial charge < -0.3 is 19.4 Å². The third kappa shape index (κ3) is 4.33. The molecule has 24 heavy (non-hydrogen) atoms. The van der Waals surface area contributed by atoms with Crippen LogP contribution in [0.25, 0.3) is 6.08 Å². The molecule has 2 aromatic rings. The maximum Gasteiger partial charge on any atom is 0.246 e. The Hall–Kier alpha value is -2.38. The standard InChI is InChI=1S/C16H17ClN4O3/c17-16-14(2-1-5-19-16)24-10-13-9-21(6-7-23-13)15(22)4-3-12-8-18-11-20-12/h1-5,8,11,13H,6-7,9-10H2,(H,18,20). The molecule has 126 valence electrons. The molecule has 1 aliphatic rings. The average molecular weight is 349 g/mol. The maximum absolute atomic E-state index is 12.2. The first-order chi connectivity index (χ1) is 11.7. The highest BCUT2D eigenvalue weighted by molar-refractivity contribution is 6.30. The van der Waals surface area contributed by atoms with E-state index >= 15 is 0 Å². The minimum absolute atomic E-state index is 0.0719. The van der Waals surface area contributed by atoms with Crippen LogP contribution in [0.1, 0.15) is 5.69 Å². The van der Waals surface area contributed by atoms with Crippen molar-refractivity contribution in [3.63, 3.8) is 0 Å². The minimum Gasteiger partial charge on any atom is -0.488 e. The lowest BCUT2D eigenvalue weighted by molar-refractivity contribution is -0.134. The lowest BCUT2D eigenvalue weighted by Crippen LogP contribution is -2.47. The molecule has 1 unspecified atom stereocenters. The van der Waals surface area contributed by atoms with Crippen molar-refractivity contribution in [1.82, 2.24) is 19.9 Å². The molecule has 7 nitrogen and oxygen atoms in total. The van der Waals surface area contributed by atoms with Gasteiger partial charge in [-0.1, -0.05) is 11.6 Å². The van der Waals surface area contributed by atoms with Crippen molar-refractivity contribution in [2.75, 3.05) is 26.3 Å². The largest absolute Gasteiger partial charge is 0.488 e. The Morgan fingerprint density at radius 3 is 3.29 bits per heavy atom. The molecule has 8 heteroatoms. The summed E-state index contributed by atoms with van der Waals surface area (Å²) < 4.78 is 11.3. The Morgan fingerprint density at radius 2 is 2.50 bits per heavy atom. The number of rotatable bonds is 5. The van der Waals surface area contributed by atoms with E-state index in [1.807, 2.05) is 0 Å². The van der Waals surface area contributed by atoms with E-state index in [2.05, 4.69) is 15.0 Å². The van der Waals surface area contributed by atoms with Crippen molar-refractivity contribution < 1.29 is 14.3 Å². The van der Waals surface area contributed by atoms with Crippen LogP contribution in [0.4, 0.5) is 0 Å². The van der Waals surface area contributed by atoms with E-state index in [0.717, 1.165) is 5.69 Å². The van der Waals surface area contributed by atoms with Gasteiger partial charge in [-0.15, -0.1) is 0 Å². The van der Waals surface area contributed by atoms with Crippen molar-refractivity contribution in [1.29, 1.82) is 0 Å². The lowest BCUT2D eigenvalue weighted by Gasteiger charge is -2.32. The number of hydrogen-bond donors (Lipinski definition) is 1. The molecule has 0 radical (unpaired) electrons. The number of carbonyl (C=O) groups is 1. The summed E-state index contributed by atoms with van der Waals surface area (Å²) in [5.41, 5.74) is 0.780. The lowest BCUT2D eigenvalue weighted by atomic mass is 10.2. The Bertz CT molecular complexity index is 705. The van der Waals surface area contributed by atoms with Crippen molar-refractivity contribution in [3.8, 4) is 5.75 Å². The number of imidazole rings is 1. The van der Waals surface area contributed by atoms with Gasteiger partial charge >= 0.3 is 0 Å². The molecule has 0 aromatic carbocycles. The summed E-state index contributed by atoms with van der Waals surface area (Å²) in [5.74, 6) is 0.433. The number of aromatic nitrogens is 3. The number of nitrogens with zero attached hydrogens (tertiary/aromatic N) is 3. The first-order valence-corrected chi connectivity index (χ1v) is 7.90. The monoisotopic (exact) mass is 348 g/mol. The molecular formula is C16H17ClN4O3. The second-order valence-electron chi connectivity index (χ2n) is 5.22. The summed E-state index contributed by atoms with van der Waals surface area (Å²) in [6, 6.07) is 3.49. The zero-order valence-corrected chi connectivity index (χ0v) is 13.6. The molecule has 1 aliphatic heterocycles. The molecule has 3 rings (SSSR count). The number of nitrogens with one attached hydrogen (secondary N) is 1. The number of hydrogen-bond acceptors (Lipinski definition) is 5. The number of H-pyrrole nitrogens is 1. The van der Waals surface area contributed by atoms with Crippen LogP contribution >= 0.6 is 11.6 Å². The van der Waals surface area contributed by atoms with Crippen LogP contribution in [0.2, 0.25) is 5.15 Å². The van der Waals surface area contributed by atoms with Gasteiger partial charge in [-0.25, -0.2) is 9.97 Å². The zero-order chi connectivity index (χ0) is 16.8. The normalized spacial score (nSPS) is 18.0. The second kappa shape index (κ2) is 7.94. The predicted molar refractivity (Wildman–Crippen MR) is 88.7 cm³/mol. The maximum atomic E-state index is 12.2. The summed E-state index contributed by atoms with van der Waals surface area (Å²) in [4.78, 5) is 24.7. The van der Waals surface area contributed by atoms with Crippen LogP contribution in [0.5, 0.6) is 5.75 Å². The highest BCUT2D eigenvalue weighted by Gasteiger charge is 2.23. The van der Waals surface area contributed by atoms with Gasteiger partial charge in [0.1, 0.15) is 12.7 Å². The number of halogens is 1. The molecule has 1 fully saturated rings. The van der Waals surface area contributed by atoms with Crippen molar-refractivity contribution in [2.45, 2.75) is 6.10 Å². The first-order valence-electron chi connectivity index (χ1n) is 7.52. The Kier molecular flexibility index (Phi) is 5.45. The molecule has 0 saturated carbocycles. The Morgan fingerprint density at radius 1 is 1.58 bits per heavy atom. The van der Waals surface area contributed by atoms with Gasteiger partial charge in [0.05, 0.1) is 31.4 Å². The molecule has 1 saturated heterocycles. The molecule has 3 heterocycles. The van der Waals surface area contributed by atoms with Crippen LogP contribution in [-0.2, 0) is 9.53 Å². The van der Waals surface area contributed by atoms with Gasteiger partial charge in [0.25, 0.3) is 0 Å². The number of amides is 1. The van der Waals surface area contributed by atoms with Crippen molar-refractivity contribution in [2.24, 2.45) is 0 Å². The van der Waals surface area contributed by atoms with E-state index in [9.17, 15) is 4.79 Å². The smallest absolute Gasteiger partial charge is 0.246 e. The molecule has 0 spiro atoms. The van der Waals surface area contributed by atoms with Gasteiger partial charge in [-0.2, -0.15) is 0 Å². The fourth-order valence-corrected chi connectivity index (χ4v) is 2.48. The van der Waals surface area contributed by atoms with Crippen LogP contribution in [0, 0.1) is 0 Å². The number of ether oxygens (including phenoxy) is 2. The molecule has 0 aliphatic carbocycles. The first kappa shape index (κ1) is 16.5. The fraction of sp³-hybridized carbons (Fsp3) is 0.312. The minimum atomic E-state index is -0.209. The topological polar surface area (TPSA) is 80.3 Å². The summed E-state index contributed by atoms with van der Waals surface area (Å²) in [6.45, 7) is 1.79. The average Bonchev–Trinajstić information content (AvgIpc) is 3.13. The van der Waals surface area contributed by atoms with Gasteiger partial charge in [0, 0.05) is 18.8 Å². The van der Waals surface area contributed by atoms with E-state index < -0.39 is 0 Å². The van der Waals surface area contributed by atoms with E-state index in [-0.39, 0.29) is 12.0 Å². The van der Waals surface area contributed by atoms with Crippen LogP contribution in [0.3, 0.4) is 0 Å². The predicted octanol–water partition coefficient (Wildman–Crippen LogP) is 1.78. The second-order valence-corrected chi connectivity index (χ2v) is 5.58. The van der Waals surface area contributed by atoms with Gasteiger partial charge in [0.2, 0.25) is 5.91 Å². The van der Waals surface area contributed by atoms with Crippen molar-refractivity contribution in [3.05, 3.63) is 47.8 Å². The zero-order valence-electron chi connectivity index (χ0n) is 12.9. The number of aromatic amines is 1. The summed E-state index contributed by atoms with van der Waals surface area (Å²) in [6.07, 6.45) is 7.83. The number of carbonyl (C=O) groups excluding carboxylic acids is 1. The highest BCUT2D eigenvalue weighted by Crippen LogP contribution is 2.21. The summed E-state index contributed by atoms with van der Waals surface area (Å²) >= 11 is 5.95. The van der Waals surface area contributed by atoms with Crippen LogP contribution in [0.15, 0.2) is 36.9 Å². The van der Waals surface area contributed by atoms with E-state index in [1.165, 1.54) is 6.08 Å². The molecule has 1 atom stereocenters. The molecule has 1 N–H and O–H groups in total. The number of pyridine rings is 1. The summed E-state index contributed by atoms with van der Waals surface area (Å²) in [5, 5.41) is 0.309. The van der Waals surface area contributed by atoms with Gasteiger partial charge in [0.15, 0.2) is 10.9 Å². The van der Waals surface area contributed by atoms with E-state index in [0.29, 0.717) is 37.2 Å². The Balaban J connectivity index is 1.52. The van der Waals surface area contributed by atoms with E-state index in [4.69, 9.17) is 21.1 Å². The molecule has 2 aromatic heterocycles. The van der Waals surface area contributed by atoms with Crippen molar-refractivity contribution >= 4 is 23.6 Å². The Labute approximate surface area is 144 Å². The van der Waals surface area contributed by atoms with Gasteiger partial charge in [-0.3, -0.25) is 4.79 Å². The quantitative estimate of drug-likeness (QED) is 0.658.